The molecule has 0 aromatic rings. The molecule has 0 saturated carbocycles. The number of hydrogen-bond acceptors (Lipinski definition) is 5. The summed E-state index contributed by atoms with van der Waals surface area (Å²) in [5, 5.41) is 23.2. The third-order valence-corrected chi connectivity index (χ3v) is 3.62. The Hall–Kier alpha value is -1.70. The van der Waals surface area contributed by atoms with Crippen molar-refractivity contribution >= 4 is 11.9 Å². The molecule has 0 spiro atoms. The topological polar surface area (TPSA) is 113 Å². The molecule has 8 heteroatoms. The van der Waals surface area contributed by atoms with Gasteiger partial charge >= 0.3 is 11.6 Å². The van der Waals surface area contributed by atoms with Gasteiger partial charge in [-0.3, -0.25) is 19.8 Å². The molecule has 8 nitrogen and oxygen atoms in total. The maximum atomic E-state index is 12.2. The molecule has 1 amide bonds. The van der Waals surface area contributed by atoms with Gasteiger partial charge in [-0.25, -0.2) is 4.79 Å². The second kappa shape index (κ2) is 4.52. The quantitative estimate of drug-likeness (QED) is 0.516. The first-order valence-corrected chi connectivity index (χ1v) is 5.93. The van der Waals surface area contributed by atoms with Gasteiger partial charge in [0.1, 0.15) is 0 Å². The molecule has 0 radical (unpaired) electrons. The molecule has 2 rings (SSSR count). The minimum absolute atomic E-state index is 0.129. The molecule has 100 valence electrons. The van der Waals surface area contributed by atoms with Crippen molar-refractivity contribution < 1.29 is 19.6 Å². The average molecular weight is 257 g/mol. The van der Waals surface area contributed by atoms with Crippen LogP contribution < -0.4 is 5.32 Å². The smallest absolute Gasteiger partial charge is 0.405 e. The largest absolute Gasteiger partial charge is 0.474 e. The summed E-state index contributed by atoms with van der Waals surface area (Å²) in [5.74, 6) is -2.03. The number of carboxylic acids is 1. The van der Waals surface area contributed by atoms with Gasteiger partial charge in [0.15, 0.2) is 0 Å². The Balaban J connectivity index is 2.27. The van der Waals surface area contributed by atoms with Crippen molar-refractivity contribution in [1.82, 2.24) is 10.2 Å². The van der Waals surface area contributed by atoms with Crippen molar-refractivity contribution in [2.75, 3.05) is 13.1 Å². The monoisotopic (exact) mass is 257 g/mol. The fourth-order valence-electron chi connectivity index (χ4n) is 2.67. The highest BCUT2D eigenvalue weighted by Crippen LogP contribution is 2.31. The summed E-state index contributed by atoms with van der Waals surface area (Å²) in [4.78, 5) is 34.6. The van der Waals surface area contributed by atoms with Gasteiger partial charge in [-0.15, -0.1) is 0 Å². The Kier molecular flexibility index (Phi) is 3.20. The number of amides is 1. The van der Waals surface area contributed by atoms with Crippen LogP contribution >= 0.6 is 0 Å². The number of carboxylic acid groups (broad SMARTS) is 1. The molecule has 2 aliphatic rings. The molecular weight excluding hydrogens is 242 g/mol. The maximum Gasteiger partial charge on any atom is 0.405 e. The highest BCUT2D eigenvalue weighted by Gasteiger charge is 2.62. The second-order valence-corrected chi connectivity index (χ2v) is 4.62. The van der Waals surface area contributed by atoms with E-state index < -0.39 is 28.5 Å². The lowest BCUT2D eigenvalue weighted by Crippen LogP contribution is -2.61. The van der Waals surface area contributed by atoms with Crippen LogP contribution in [-0.4, -0.2) is 51.6 Å². The predicted molar refractivity (Wildman–Crippen MR) is 59.3 cm³/mol. The molecule has 0 aromatic carbocycles. The molecule has 2 fully saturated rings. The summed E-state index contributed by atoms with van der Waals surface area (Å²) in [5.41, 5.74) is -2.28. The Bertz CT molecular complexity index is 377. The van der Waals surface area contributed by atoms with E-state index in [1.54, 1.807) is 0 Å². The van der Waals surface area contributed by atoms with Gasteiger partial charge < -0.3 is 10.4 Å². The summed E-state index contributed by atoms with van der Waals surface area (Å²) in [6.07, 6.45) is 1.63. The number of likely N-dealkylation sites (tertiary alicyclic amines) is 1. The van der Waals surface area contributed by atoms with E-state index >= 15 is 0 Å². The van der Waals surface area contributed by atoms with E-state index in [0.717, 1.165) is 11.3 Å². The summed E-state index contributed by atoms with van der Waals surface area (Å²) >= 11 is 0. The van der Waals surface area contributed by atoms with Crippen LogP contribution in [0.5, 0.6) is 0 Å². The first kappa shape index (κ1) is 12.7. The van der Waals surface area contributed by atoms with Crippen LogP contribution in [0.25, 0.3) is 0 Å². The summed E-state index contributed by atoms with van der Waals surface area (Å²) in [7, 11) is 0. The van der Waals surface area contributed by atoms with Crippen molar-refractivity contribution in [3.05, 3.63) is 10.1 Å². The minimum Gasteiger partial charge on any atom is -0.474 e. The van der Waals surface area contributed by atoms with Crippen molar-refractivity contribution in [3.63, 3.8) is 0 Å². The summed E-state index contributed by atoms with van der Waals surface area (Å²) in [6.45, 7) is 0.813. The summed E-state index contributed by atoms with van der Waals surface area (Å²) in [6, 6.07) is -0.484. The Morgan fingerprint density at radius 2 is 2.17 bits per heavy atom. The number of rotatable bonds is 3. The normalized spacial score (nSPS) is 31.6. The fraction of sp³-hybridized carbons (Fsp3) is 0.800. The number of aliphatic carboxylic acids is 1. The van der Waals surface area contributed by atoms with Crippen LogP contribution in [0, 0.1) is 10.1 Å². The zero-order chi connectivity index (χ0) is 13.3. The average Bonchev–Trinajstić information content (AvgIpc) is 2.97. The first-order valence-electron chi connectivity index (χ1n) is 5.93. The maximum absolute atomic E-state index is 12.2. The van der Waals surface area contributed by atoms with Crippen LogP contribution in [0.15, 0.2) is 0 Å². The van der Waals surface area contributed by atoms with E-state index in [9.17, 15) is 19.7 Å². The van der Waals surface area contributed by atoms with Gasteiger partial charge in [0.05, 0.1) is 17.4 Å². The zero-order valence-electron chi connectivity index (χ0n) is 9.79. The molecule has 2 aliphatic heterocycles. The van der Waals surface area contributed by atoms with Gasteiger partial charge in [0, 0.05) is 6.54 Å². The fourth-order valence-corrected chi connectivity index (χ4v) is 2.67. The lowest BCUT2D eigenvalue weighted by molar-refractivity contribution is -0.576. The van der Waals surface area contributed by atoms with Crippen LogP contribution in [-0.2, 0) is 9.59 Å². The van der Waals surface area contributed by atoms with E-state index in [1.165, 1.54) is 0 Å². The zero-order valence-corrected chi connectivity index (χ0v) is 9.79. The van der Waals surface area contributed by atoms with Gasteiger partial charge in [-0.1, -0.05) is 0 Å². The Morgan fingerprint density at radius 3 is 2.67 bits per heavy atom. The minimum atomic E-state index is -2.28. The molecule has 2 atom stereocenters. The molecule has 0 unspecified atom stereocenters. The van der Waals surface area contributed by atoms with Gasteiger partial charge in [-0.05, 0) is 25.8 Å². The molecule has 2 heterocycles. The number of carbonyl (C=O) groups excluding carboxylic acids is 1. The SMILES string of the molecule is O=C([C@@H]1CCCN1)N1CCC[C@]1(C(=O)O)[N+](=O)[O-]. The van der Waals surface area contributed by atoms with E-state index in [-0.39, 0.29) is 13.0 Å². The molecule has 0 aliphatic carbocycles. The highest BCUT2D eigenvalue weighted by molar-refractivity contribution is 5.89. The molecule has 0 bridgehead atoms. The number of hydrogen-bond donors (Lipinski definition) is 2. The number of nitrogens with one attached hydrogen (secondary N) is 1. The van der Waals surface area contributed by atoms with Crippen LogP contribution in [0.1, 0.15) is 25.7 Å². The van der Waals surface area contributed by atoms with E-state index in [1.807, 2.05) is 0 Å². The van der Waals surface area contributed by atoms with E-state index in [2.05, 4.69) is 5.32 Å². The number of carbonyl (C=O) groups is 2. The van der Waals surface area contributed by atoms with E-state index in [4.69, 9.17) is 5.11 Å². The Labute approximate surface area is 103 Å². The first-order chi connectivity index (χ1) is 8.50. The second-order valence-electron chi connectivity index (χ2n) is 4.62. The highest BCUT2D eigenvalue weighted by atomic mass is 16.6. The lowest BCUT2D eigenvalue weighted by atomic mass is 10.1. The summed E-state index contributed by atoms with van der Waals surface area (Å²) < 4.78 is 0. The van der Waals surface area contributed by atoms with Crippen molar-refractivity contribution in [1.29, 1.82) is 0 Å². The standard InChI is InChI=1S/C10H15N3O5/c14-8(7-3-1-5-11-7)12-6-2-4-10(12,9(15)16)13(17)18/h7,11H,1-6H2,(H,15,16)/t7-,10+/m0/s1. The van der Waals surface area contributed by atoms with Crippen molar-refractivity contribution in [2.24, 2.45) is 0 Å². The van der Waals surface area contributed by atoms with Gasteiger partial charge in [0.2, 0.25) is 5.91 Å². The van der Waals surface area contributed by atoms with Crippen LogP contribution in [0.2, 0.25) is 0 Å². The number of nitro groups is 1. The van der Waals surface area contributed by atoms with Crippen molar-refractivity contribution in [2.45, 2.75) is 37.4 Å². The van der Waals surface area contributed by atoms with Crippen LogP contribution in [0.4, 0.5) is 0 Å². The van der Waals surface area contributed by atoms with Crippen LogP contribution in [0.3, 0.4) is 0 Å². The van der Waals surface area contributed by atoms with Gasteiger partial charge in [0.25, 0.3) is 0 Å². The number of nitrogens with zero attached hydrogens (tertiary/aromatic N) is 2. The molecular formula is C10H15N3O5. The molecule has 2 N–H and O–H groups in total. The van der Waals surface area contributed by atoms with Crippen molar-refractivity contribution in [3.8, 4) is 0 Å². The predicted octanol–water partition coefficient (Wildman–Crippen LogP) is -0.582. The third kappa shape index (κ3) is 1.72. The Morgan fingerprint density at radius 1 is 1.44 bits per heavy atom. The molecule has 18 heavy (non-hydrogen) atoms. The molecule has 2 saturated heterocycles. The lowest BCUT2D eigenvalue weighted by Gasteiger charge is -2.28. The van der Waals surface area contributed by atoms with Gasteiger partial charge in [-0.2, -0.15) is 0 Å². The third-order valence-electron chi connectivity index (χ3n) is 3.62. The van der Waals surface area contributed by atoms with E-state index in [0.29, 0.717) is 19.4 Å². The molecule has 0 aromatic heterocycles.